The van der Waals surface area contributed by atoms with Crippen LogP contribution in [0.25, 0.3) is 10.9 Å². The molecular weight excluding hydrogens is 258 g/mol. The first kappa shape index (κ1) is 13.9. The van der Waals surface area contributed by atoms with Crippen LogP contribution in [0.4, 0.5) is 0 Å². The molecule has 3 heteroatoms. The summed E-state index contributed by atoms with van der Waals surface area (Å²) in [4.78, 5) is 4.45. The molecular formula is C18H23N3. The number of aromatic nitrogens is 3. The summed E-state index contributed by atoms with van der Waals surface area (Å²) in [5.74, 6) is 1.67. The van der Waals surface area contributed by atoms with Gasteiger partial charge in [0, 0.05) is 43.1 Å². The molecule has 0 saturated carbocycles. The van der Waals surface area contributed by atoms with Crippen molar-refractivity contribution in [2.24, 2.45) is 0 Å². The SMILES string of the molecule is Cc1ccc2c(ccn2CCCn2ccnc2C(C)C)c1. The number of benzene rings is 1. The molecule has 0 N–H and O–H groups in total. The van der Waals surface area contributed by atoms with Crippen molar-refractivity contribution in [3.05, 3.63) is 54.2 Å². The molecule has 2 aromatic heterocycles. The summed E-state index contributed by atoms with van der Waals surface area (Å²) in [6.45, 7) is 8.60. The average molecular weight is 281 g/mol. The van der Waals surface area contributed by atoms with Gasteiger partial charge in [0.1, 0.15) is 5.82 Å². The van der Waals surface area contributed by atoms with E-state index in [-0.39, 0.29) is 0 Å². The molecule has 0 fully saturated rings. The highest BCUT2D eigenvalue weighted by molar-refractivity contribution is 5.80. The molecule has 0 radical (unpaired) electrons. The standard InChI is InChI=1S/C18H23N3/c1-14(2)18-19-8-12-21(18)10-4-9-20-11-7-16-13-15(3)5-6-17(16)20/h5-8,11-14H,4,9-10H2,1-3H3. The van der Waals surface area contributed by atoms with Crippen LogP contribution in [-0.2, 0) is 13.1 Å². The minimum Gasteiger partial charge on any atom is -0.347 e. The van der Waals surface area contributed by atoms with E-state index < -0.39 is 0 Å². The summed E-state index contributed by atoms with van der Waals surface area (Å²) in [7, 11) is 0. The molecule has 0 bridgehead atoms. The fourth-order valence-corrected chi connectivity index (χ4v) is 2.94. The third-order valence-corrected chi connectivity index (χ3v) is 3.99. The molecule has 0 spiro atoms. The van der Waals surface area contributed by atoms with E-state index in [0.717, 1.165) is 19.5 Å². The lowest BCUT2D eigenvalue weighted by atomic mass is 10.2. The Balaban J connectivity index is 1.68. The van der Waals surface area contributed by atoms with Crippen LogP contribution < -0.4 is 0 Å². The topological polar surface area (TPSA) is 22.8 Å². The number of imidazole rings is 1. The van der Waals surface area contributed by atoms with Crippen LogP contribution >= 0.6 is 0 Å². The van der Waals surface area contributed by atoms with Crippen molar-refractivity contribution in [1.82, 2.24) is 14.1 Å². The lowest BCUT2D eigenvalue weighted by molar-refractivity contribution is 0.545. The Kier molecular flexibility index (Phi) is 3.82. The Morgan fingerprint density at radius 3 is 2.67 bits per heavy atom. The van der Waals surface area contributed by atoms with Crippen LogP contribution in [-0.4, -0.2) is 14.1 Å². The fraction of sp³-hybridized carbons (Fsp3) is 0.389. The van der Waals surface area contributed by atoms with Gasteiger partial charge in [-0.2, -0.15) is 0 Å². The summed E-state index contributed by atoms with van der Waals surface area (Å²) in [6.07, 6.45) is 7.31. The lowest BCUT2D eigenvalue weighted by Gasteiger charge is -2.11. The number of hydrogen-bond donors (Lipinski definition) is 0. The maximum Gasteiger partial charge on any atom is 0.111 e. The largest absolute Gasteiger partial charge is 0.347 e. The van der Waals surface area contributed by atoms with Crippen molar-refractivity contribution in [3.8, 4) is 0 Å². The molecule has 0 aliphatic carbocycles. The van der Waals surface area contributed by atoms with Gasteiger partial charge in [-0.15, -0.1) is 0 Å². The maximum absolute atomic E-state index is 4.45. The molecule has 0 atom stereocenters. The quantitative estimate of drug-likeness (QED) is 0.681. The van der Waals surface area contributed by atoms with Crippen molar-refractivity contribution >= 4 is 10.9 Å². The highest BCUT2D eigenvalue weighted by Crippen LogP contribution is 2.18. The van der Waals surface area contributed by atoms with Gasteiger partial charge < -0.3 is 9.13 Å². The predicted octanol–water partition coefficient (Wildman–Crippen LogP) is 4.36. The van der Waals surface area contributed by atoms with E-state index in [4.69, 9.17) is 0 Å². The second kappa shape index (κ2) is 5.76. The molecule has 0 amide bonds. The Morgan fingerprint density at radius 2 is 1.86 bits per heavy atom. The first-order chi connectivity index (χ1) is 10.1. The Hall–Kier alpha value is -2.03. The van der Waals surface area contributed by atoms with Crippen molar-refractivity contribution in [3.63, 3.8) is 0 Å². The van der Waals surface area contributed by atoms with Crippen molar-refractivity contribution in [1.29, 1.82) is 0 Å². The van der Waals surface area contributed by atoms with Crippen LogP contribution in [0.1, 0.15) is 37.6 Å². The van der Waals surface area contributed by atoms with E-state index in [1.165, 1.54) is 22.3 Å². The fourth-order valence-electron chi connectivity index (χ4n) is 2.94. The normalized spacial score (nSPS) is 11.6. The minimum atomic E-state index is 0.482. The minimum absolute atomic E-state index is 0.482. The summed E-state index contributed by atoms with van der Waals surface area (Å²) >= 11 is 0. The molecule has 2 heterocycles. The molecule has 1 aromatic carbocycles. The Labute approximate surface area is 126 Å². The average Bonchev–Trinajstić information content (AvgIpc) is 3.05. The van der Waals surface area contributed by atoms with Gasteiger partial charge in [0.2, 0.25) is 0 Å². The first-order valence-electron chi connectivity index (χ1n) is 7.71. The van der Waals surface area contributed by atoms with Gasteiger partial charge in [-0.05, 0) is 36.9 Å². The number of fused-ring (bicyclic) bond motifs is 1. The Bertz CT molecular complexity index is 734. The van der Waals surface area contributed by atoms with Gasteiger partial charge in [-0.25, -0.2) is 4.98 Å². The monoisotopic (exact) mass is 281 g/mol. The molecule has 0 aliphatic rings. The molecule has 21 heavy (non-hydrogen) atoms. The Morgan fingerprint density at radius 1 is 1.05 bits per heavy atom. The smallest absolute Gasteiger partial charge is 0.111 e. The zero-order valence-electron chi connectivity index (χ0n) is 13.1. The predicted molar refractivity (Wildman–Crippen MR) is 87.6 cm³/mol. The van der Waals surface area contributed by atoms with Gasteiger partial charge in [0.15, 0.2) is 0 Å². The van der Waals surface area contributed by atoms with Crippen LogP contribution in [0.15, 0.2) is 42.9 Å². The highest BCUT2D eigenvalue weighted by Gasteiger charge is 2.07. The van der Waals surface area contributed by atoms with E-state index in [2.05, 4.69) is 71.5 Å². The number of hydrogen-bond acceptors (Lipinski definition) is 1. The van der Waals surface area contributed by atoms with E-state index in [9.17, 15) is 0 Å². The van der Waals surface area contributed by atoms with Crippen LogP contribution in [0, 0.1) is 6.92 Å². The molecule has 3 nitrogen and oxygen atoms in total. The van der Waals surface area contributed by atoms with Gasteiger partial charge >= 0.3 is 0 Å². The van der Waals surface area contributed by atoms with Crippen LogP contribution in [0.2, 0.25) is 0 Å². The van der Waals surface area contributed by atoms with Crippen molar-refractivity contribution < 1.29 is 0 Å². The van der Waals surface area contributed by atoms with E-state index in [0.29, 0.717) is 5.92 Å². The highest BCUT2D eigenvalue weighted by atomic mass is 15.1. The van der Waals surface area contributed by atoms with E-state index in [1.54, 1.807) is 0 Å². The number of aryl methyl sites for hydroxylation is 3. The maximum atomic E-state index is 4.45. The summed E-state index contributed by atoms with van der Waals surface area (Å²) in [5, 5.41) is 1.33. The third kappa shape index (κ3) is 2.87. The second-order valence-electron chi connectivity index (χ2n) is 6.06. The van der Waals surface area contributed by atoms with E-state index in [1.807, 2.05) is 6.20 Å². The molecule has 110 valence electrons. The van der Waals surface area contributed by atoms with E-state index >= 15 is 0 Å². The van der Waals surface area contributed by atoms with Gasteiger partial charge in [-0.3, -0.25) is 0 Å². The zero-order chi connectivity index (χ0) is 14.8. The van der Waals surface area contributed by atoms with Gasteiger partial charge in [0.05, 0.1) is 0 Å². The zero-order valence-corrected chi connectivity index (χ0v) is 13.1. The summed E-state index contributed by atoms with van der Waals surface area (Å²) in [6, 6.07) is 8.87. The molecule has 0 aliphatic heterocycles. The molecule has 0 saturated heterocycles. The van der Waals surface area contributed by atoms with Crippen LogP contribution in [0.3, 0.4) is 0 Å². The summed E-state index contributed by atoms with van der Waals surface area (Å²) in [5.41, 5.74) is 2.65. The molecule has 0 unspecified atom stereocenters. The number of rotatable bonds is 5. The summed E-state index contributed by atoms with van der Waals surface area (Å²) < 4.78 is 4.63. The lowest BCUT2D eigenvalue weighted by Crippen LogP contribution is -2.07. The first-order valence-corrected chi connectivity index (χ1v) is 7.71. The third-order valence-electron chi connectivity index (χ3n) is 3.99. The van der Waals surface area contributed by atoms with Gasteiger partial charge in [-0.1, -0.05) is 25.5 Å². The molecule has 3 rings (SSSR count). The van der Waals surface area contributed by atoms with Crippen molar-refractivity contribution in [2.75, 3.05) is 0 Å². The van der Waals surface area contributed by atoms with Gasteiger partial charge in [0.25, 0.3) is 0 Å². The number of nitrogens with zero attached hydrogens (tertiary/aromatic N) is 3. The van der Waals surface area contributed by atoms with Crippen molar-refractivity contribution in [2.45, 2.75) is 46.2 Å². The molecule has 3 aromatic rings. The van der Waals surface area contributed by atoms with Crippen LogP contribution in [0.5, 0.6) is 0 Å². The second-order valence-corrected chi connectivity index (χ2v) is 6.06.